The van der Waals surface area contributed by atoms with E-state index in [1.54, 1.807) is 6.33 Å². The number of hydrogen-bond acceptors (Lipinski definition) is 4. The zero-order valence-corrected chi connectivity index (χ0v) is 16.6. The normalized spacial score (nSPS) is 12.2. The number of aryl methyl sites for hydroxylation is 4. The van der Waals surface area contributed by atoms with E-state index in [1.165, 1.54) is 17.3 Å². The number of Topliss-reactive ketones (excluding diaryl/α,β-unsaturated/α-hetero) is 1. The van der Waals surface area contributed by atoms with Crippen LogP contribution in [0.2, 0.25) is 0 Å². The summed E-state index contributed by atoms with van der Waals surface area (Å²) in [6.07, 6.45) is 1.70. The van der Waals surface area contributed by atoms with Crippen molar-refractivity contribution in [3.63, 3.8) is 0 Å². The lowest BCUT2D eigenvalue weighted by molar-refractivity contribution is 0.0993. The summed E-state index contributed by atoms with van der Waals surface area (Å²) in [6, 6.07) is 12.3. The van der Waals surface area contributed by atoms with Gasteiger partial charge in [0.2, 0.25) is 0 Å². The standard InChI is InChI=1S/C21H23N3OS/c1-13-7-9-19(16(4)10-13)24-12-22-23-21(24)26-17(5)20(25)18-11-14(2)6-8-15(18)3/h6-12,17H,1-5H3. The first-order valence-corrected chi connectivity index (χ1v) is 9.50. The summed E-state index contributed by atoms with van der Waals surface area (Å²) in [7, 11) is 0. The topological polar surface area (TPSA) is 47.8 Å². The zero-order valence-electron chi connectivity index (χ0n) is 15.8. The molecule has 0 aliphatic rings. The number of benzene rings is 2. The Morgan fingerprint density at radius 2 is 1.69 bits per heavy atom. The fourth-order valence-electron chi connectivity index (χ4n) is 2.98. The Labute approximate surface area is 158 Å². The van der Waals surface area contributed by atoms with Crippen molar-refractivity contribution in [3.05, 3.63) is 70.5 Å². The van der Waals surface area contributed by atoms with Crippen LogP contribution in [0.4, 0.5) is 0 Å². The monoisotopic (exact) mass is 365 g/mol. The Bertz CT molecular complexity index is 962. The minimum atomic E-state index is -0.246. The van der Waals surface area contributed by atoms with E-state index >= 15 is 0 Å². The Balaban J connectivity index is 1.87. The quantitative estimate of drug-likeness (QED) is 0.478. The summed E-state index contributed by atoms with van der Waals surface area (Å²) in [6.45, 7) is 10.0. The molecule has 0 amide bonds. The predicted molar refractivity (Wildman–Crippen MR) is 106 cm³/mol. The van der Waals surface area contributed by atoms with Crippen molar-refractivity contribution in [2.75, 3.05) is 0 Å². The third-order valence-corrected chi connectivity index (χ3v) is 5.50. The molecule has 3 rings (SSSR count). The first kappa shape index (κ1) is 18.4. The van der Waals surface area contributed by atoms with Crippen LogP contribution in [-0.4, -0.2) is 25.8 Å². The Morgan fingerprint density at radius 1 is 1.00 bits per heavy atom. The van der Waals surface area contributed by atoms with Gasteiger partial charge in [-0.3, -0.25) is 9.36 Å². The van der Waals surface area contributed by atoms with Crippen LogP contribution in [0.25, 0.3) is 5.69 Å². The van der Waals surface area contributed by atoms with E-state index in [1.807, 2.05) is 43.5 Å². The van der Waals surface area contributed by atoms with E-state index in [9.17, 15) is 4.79 Å². The van der Waals surface area contributed by atoms with Gasteiger partial charge in [-0.2, -0.15) is 0 Å². The molecule has 0 saturated heterocycles. The molecule has 1 atom stereocenters. The number of carbonyl (C=O) groups is 1. The molecule has 0 saturated carbocycles. The van der Waals surface area contributed by atoms with Gasteiger partial charge in [-0.05, 0) is 57.9 Å². The van der Waals surface area contributed by atoms with Gasteiger partial charge in [0.15, 0.2) is 10.9 Å². The number of thioether (sulfide) groups is 1. The molecule has 2 aromatic carbocycles. The first-order valence-electron chi connectivity index (χ1n) is 8.62. The second-order valence-electron chi connectivity index (χ2n) is 6.72. The summed E-state index contributed by atoms with van der Waals surface area (Å²) in [4.78, 5) is 12.9. The number of carbonyl (C=O) groups excluding carboxylic acids is 1. The smallest absolute Gasteiger partial charge is 0.196 e. The average molecular weight is 366 g/mol. The van der Waals surface area contributed by atoms with Crippen LogP contribution >= 0.6 is 11.8 Å². The van der Waals surface area contributed by atoms with E-state index in [0.29, 0.717) is 0 Å². The van der Waals surface area contributed by atoms with Gasteiger partial charge >= 0.3 is 0 Å². The third kappa shape index (κ3) is 3.73. The van der Waals surface area contributed by atoms with Gasteiger partial charge in [0.05, 0.1) is 10.9 Å². The summed E-state index contributed by atoms with van der Waals surface area (Å²) in [5, 5.41) is 8.77. The second kappa shape index (κ2) is 7.46. The van der Waals surface area contributed by atoms with Crippen LogP contribution in [0, 0.1) is 27.7 Å². The number of ketones is 1. The minimum absolute atomic E-state index is 0.117. The molecule has 134 valence electrons. The van der Waals surface area contributed by atoms with Gasteiger partial charge in [0.1, 0.15) is 6.33 Å². The van der Waals surface area contributed by atoms with Gasteiger partial charge in [-0.25, -0.2) is 0 Å². The summed E-state index contributed by atoms with van der Waals surface area (Å²) in [5.74, 6) is 0.117. The maximum absolute atomic E-state index is 12.9. The van der Waals surface area contributed by atoms with Crippen LogP contribution in [0.5, 0.6) is 0 Å². The lowest BCUT2D eigenvalue weighted by Crippen LogP contribution is -2.16. The lowest BCUT2D eigenvalue weighted by atomic mass is 10.0. The SMILES string of the molecule is Cc1ccc(-n2cnnc2SC(C)C(=O)c2cc(C)ccc2C)c(C)c1. The summed E-state index contributed by atoms with van der Waals surface area (Å²) < 4.78 is 1.95. The molecule has 1 unspecified atom stereocenters. The molecule has 5 heteroatoms. The molecule has 0 aliphatic carbocycles. The fraction of sp³-hybridized carbons (Fsp3) is 0.286. The van der Waals surface area contributed by atoms with Crippen molar-refractivity contribution in [3.8, 4) is 5.69 Å². The largest absolute Gasteiger partial charge is 0.293 e. The molecular weight excluding hydrogens is 342 g/mol. The van der Waals surface area contributed by atoms with E-state index in [-0.39, 0.29) is 11.0 Å². The van der Waals surface area contributed by atoms with E-state index in [4.69, 9.17) is 0 Å². The number of aromatic nitrogens is 3. The Morgan fingerprint density at radius 3 is 2.42 bits per heavy atom. The van der Waals surface area contributed by atoms with E-state index in [0.717, 1.165) is 33.1 Å². The molecule has 0 radical (unpaired) electrons. The highest BCUT2D eigenvalue weighted by Crippen LogP contribution is 2.28. The van der Waals surface area contributed by atoms with Crippen LogP contribution < -0.4 is 0 Å². The molecule has 0 bridgehead atoms. The first-order chi connectivity index (χ1) is 12.4. The molecule has 0 N–H and O–H groups in total. The second-order valence-corrected chi connectivity index (χ2v) is 8.02. The summed E-state index contributed by atoms with van der Waals surface area (Å²) >= 11 is 1.44. The molecule has 0 fully saturated rings. The highest BCUT2D eigenvalue weighted by Gasteiger charge is 2.21. The maximum atomic E-state index is 12.9. The van der Waals surface area contributed by atoms with Crippen molar-refractivity contribution in [1.29, 1.82) is 0 Å². The van der Waals surface area contributed by atoms with Gasteiger partial charge in [0, 0.05) is 5.56 Å². The number of rotatable bonds is 5. The van der Waals surface area contributed by atoms with E-state index in [2.05, 4.69) is 42.2 Å². The van der Waals surface area contributed by atoms with Crippen molar-refractivity contribution < 1.29 is 4.79 Å². The molecule has 4 nitrogen and oxygen atoms in total. The third-order valence-electron chi connectivity index (χ3n) is 4.44. The highest BCUT2D eigenvalue weighted by atomic mass is 32.2. The van der Waals surface area contributed by atoms with Crippen LogP contribution in [0.3, 0.4) is 0 Å². The van der Waals surface area contributed by atoms with Crippen molar-refractivity contribution in [1.82, 2.24) is 14.8 Å². The van der Waals surface area contributed by atoms with Gasteiger partial charge in [-0.15, -0.1) is 10.2 Å². The van der Waals surface area contributed by atoms with Crippen molar-refractivity contribution in [2.45, 2.75) is 45.0 Å². The number of hydrogen-bond donors (Lipinski definition) is 0. The Kier molecular flexibility index (Phi) is 5.28. The van der Waals surface area contributed by atoms with Crippen LogP contribution in [-0.2, 0) is 0 Å². The van der Waals surface area contributed by atoms with Crippen LogP contribution in [0.15, 0.2) is 47.9 Å². The molecule has 0 aliphatic heterocycles. The zero-order chi connectivity index (χ0) is 18.8. The minimum Gasteiger partial charge on any atom is -0.293 e. The van der Waals surface area contributed by atoms with Gasteiger partial charge in [0.25, 0.3) is 0 Å². The molecule has 0 spiro atoms. The Hall–Kier alpha value is -2.40. The fourth-order valence-corrected chi connectivity index (χ4v) is 3.88. The molecule has 26 heavy (non-hydrogen) atoms. The molecule has 3 aromatic rings. The van der Waals surface area contributed by atoms with Gasteiger partial charge < -0.3 is 0 Å². The van der Waals surface area contributed by atoms with Crippen molar-refractivity contribution >= 4 is 17.5 Å². The highest BCUT2D eigenvalue weighted by molar-refractivity contribution is 8.00. The number of nitrogens with zero attached hydrogens (tertiary/aromatic N) is 3. The molecule has 1 heterocycles. The van der Waals surface area contributed by atoms with Gasteiger partial charge in [-0.1, -0.05) is 47.2 Å². The van der Waals surface area contributed by atoms with Crippen LogP contribution in [0.1, 0.15) is 39.5 Å². The molecular formula is C21H23N3OS. The van der Waals surface area contributed by atoms with Crippen molar-refractivity contribution in [2.24, 2.45) is 0 Å². The molecule has 1 aromatic heterocycles. The summed E-state index contributed by atoms with van der Waals surface area (Å²) in [5.41, 5.74) is 6.28. The lowest BCUT2D eigenvalue weighted by Gasteiger charge is -2.14. The predicted octanol–water partition coefficient (Wildman–Crippen LogP) is 4.86. The average Bonchev–Trinajstić information content (AvgIpc) is 3.04. The van der Waals surface area contributed by atoms with E-state index < -0.39 is 0 Å². The maximum Gasteiger partial charge on any atom is 0.196 e.